The van der Waals surface area contributed by atoms with Gasteiger partial charge in [0.2, 0.25) is 5.91 Å². The van der Waals surface area contributed by atoms with Crippen molar-refractivity contribution in [1.29, 1.82) is 0 Å². The zero-order chi connectivity index (χ0) is 29.8. The first-order chi connectivity index (χ1) is 21.0. The molecule has 3 aromatic carbocycles. The highest BCUT2D eigenvalue weighted by molar-refractivity contribution is 6.08. The van der Waals surface area contributed by atoms with Gasteiger partial charge in [0.05, 0.1) is 11.4 Å². The predicted octanol–water partition coefficient (Wildman–Crippen LogP) is 6.61. The average molecular weight is 576 g/mol. The monoisotopic (exact) mass is 575 g/mol. The van der Waals surface area contributed by atoms with E-state index in [0.29, 0.717) is 26.3 Å². The summed E-state index contributed by atoms with van der Waals surface area (Å²) in [5.74, 6) is 0.125. The largest absolute Gasteiger partial charge is 0.396 e. The summed E-state index contributed by atoms with van der Waals surface area (Å²) in [5.41, 5.74) is 9.00. The molecule has 222 valence electrons. The van der Waals surface area contributed by atoms with Crippen LogP contribution in [0.1, 0.15) is 58.7 Å². The third-order valence-electron chi connectivity index (χ3n) is 9.08. The molecule has 1 unspecified atom stereocenters. The molecule has 3 heterocycles. The lowest BCUT2D eigenvalue weighted by molar-refractivity contribution is -0.124. The Balaban J connectivity index is 1.30. The van der Waals surface area contributed by atoms with Crippen LogP contribution in [0, 0.1) is 19.8 Å². The number of amides is 1. The van der Waals surface area contributed by atoms with Crippen molar-refractivity contribution in [2.24, 2.45) is 5.92 Å². The third kappa shape index (κ3) is 6.08. The van der Waals surface area contributed by atoms with Crippen LogP contribution in [0.25, 0.3) is 21.9 Å². The highest BCUT2D eigenvalue weighted by Gasteiger charge is 2.31. The van der Waals surface area contributed by atoms with Crippen LogP contribution in [0.15, 0.2) is 78.9 Å². The first kappa shape index (κ1) is 29.1. The molecule has 0 bridgehead atoms. The molecular weight excluding hydrogens is 534 g/mol. The number of para-hydroxylation sites is 1. The topological polar surface area (TPSA) is 76.4 Å². The van der Waals surface area contributed by atoms with Crippen LogP contribution in [0.2, 0.25) is 0 Å². The van der Waals surface area contributed by atoms with Crippen molar-refractivity contribution in [1.82, 2.24) is 14.9 Å². The fraction of sp³-hybridized carbons (Fsp3) is 0.351. The molecule has 2 aromatic heterocycles. The zero-order valence-electron chi connectivity index (χ0n) is 25.2. The molecule has 1 atom stereocenters. The SMILES string of the molecule is Cc1nc2c(c(C)c1CCCO)c1ccccc1n2Cc1ccc(C(C(=O)NCc2ccccc2)C2CCOCC2)cc1. The van der Waals surface area contributed by atoms with E-state index in [2.05, 4.69) is 72.3 Å². The minimum Gasteiger partial charge on any atom is -0.396 e. The first-order valence-electron chi connectivity index (χ1n) is 15.5. The summed E-state index contributed by atoms with van der Waals surface area (Å²) in [5, 5.41) is 15.1. The van der Waals surface area contributed by atoms with Gasteiger partial charge in [-0.15, -0.1) is 0 Å². The summed E-state index contributed by atoms with van der Waals surface area (Å²) < 4.78 is 7.95. The highest BCUT2D eigenvalue weighted by Crippen LogP contribution is 2.35. The number of benzene rings is 3. The summed E-state index contributed by atoms with van der Waals surface area (Å²) in [6.07, 6.45) is 3.33. The summed E-state index contributed by atoms with van der Waals surface area (Å²) in [6.45, 7) is 7.06. The second-order valence-electron chi connectivity index (χ2n) is 11.8. The molecular formula is C37H41N3O3. The van der Waals surface area contributed by atoms with Gasteiger partial charge in [-0.3, -0.25) is 4.79 Å². The van der Waals surface area contributed by atoms with Crippen molar-refractivity contribution in [3.05, 3.63) is 112 Å². The summed E-state index contributed by atoms with van der Waals surface area (Å²) in [6, 6.07) is 27.2. The second-order valence-corrected chi connectivity index (χ2v) is 11.8. The van der Waals surface area contributed by atoms with Crippen molar-refractivity contribution < 1.29 is 14.6 Å². The van der Waals surface area contributed by atoms with E-state index in [1.165, 1.54) is 27.5 Å². The van der Waals surface area contributed by atoms with Crippen LogP contribution in [0.4, 0.5) is 0 Å². The molecule has 6 nitrogen and oxygen atoms in total. The molecule has 1 amide bonds. The van der Waals surface area contributed by atoms with E-state index in [0.717, 1.165) is 53.7 Å². The van der Waals surface area contributed by atoms with Crippen molar-refractivity contribution >= 4 is 27.8 Å². The maximum Gasteiger partial charge on any atom is 0.228 e. The van der Waals surface area contributed by atoms with E-state index < -0.39 is 0 Å². The smallest absolute Gasteiger partial charge is 0.228 e. The molecule has 2 N–H and O–H groups in total. The van der Waals surface area contributed by atoms with Crippen molar-refractivity contribution in [3.8, 4) is 0 Å². The Bertz CT molecular complexity index is 1700. The van der Waals surface area contributed by atoms with Crippen LogP contribution < -0.4 is 5.32 Å². The number of fused-ring (bicyclic) bond motifs is 3. The second kappa shape index (κ2) is 13.1. The molecule has 0 radical (unpaired) electrons. The highest BCUT2D eigenvalue weighted by atomic mass is 16.5. The molecule has 43 heavy (non-hydrogen) atoms. The van der Waals surface area contributed by atoms with Crippen LogP contribution in [-0.4, -0.2) is 40.4 Å². The summed E-state index contributed by atoms with van der Waals surface area (Å²) in [7, 11) is 0. The Hall–Kier alpha value is -4.00. The van der Waals surface area contributed by atoms with Crippen molar-refractivity contribution in [2.45, 2.75) is 58.5 Å². The molecule has 0 spiro atoms. The van der Waals surface area contributed by atoms with Gasteiger partial charge in [0, 0.05) is 49.4 Å². The van der Waals surface area contributed by atoms with E-state index in [9.17, 15) is 9.90 Å². The number of hydrogen-bond donors (Lipinski definition) is 2. The number of nitrogens with zero attached hydrogens (tertiary/aromatic N) is 2. The van der Waals surface area contributed by atoms with Gasteiger partial charge < -0.3 is 19.7 Å². The van der Waals surface area contributed by atoms with Gasteiger partial charge in [-0.25, -0.2) is 4.98 Å². The number of rotatable bonds is 10. The van der Waals surface area contributed by atoms with Crippen molar-refractivity contribution in [2.75, 3.05) is 19.8 Å². The van der Waals surface area contributed by atoms with E-state index in [-0.39, 0.29) is 24.3 Å². The Morgan fingerprint density at radius 2 is 1.70 bits per heavy atom. The number of aliphatic hydroxyl groups excluding tert-OH is 1. The number of carbonyl (C=O) groups is 1. The number of aryl methyl sites for hydroxylation is 2. The number of ether oxygens (including phenoxy) is 1. The lowest BCUT2D eigenvalue weighted by Gasteiger charge is -2.30. The normalized spacial score (nSPS) is 14.8. The average Bonchev–Trinajstić information content (AvgIpc) is 3.34. The number of hydrogen-bond acceptors (Lipinski definition) is 4. The lowest BCUT2D eigenvalue weighted by Crippen LogP contribution is -2.35. The van der Waals surface area contributed by atoms with E-state index in [1.54, 1.807) is 0 Å². The Morgan fingerprint density at radius 1 is 0.977 bits per heavy atom. The van der Waals surface area contributed by atoms with Gasteiger partial charge >= 0.3 is 0 Å². The lowest BCUT2D eigenvalue weighted by atomic mass is 9.80. The molecule has 1 fully saturated rings. The summed E-state index contributed by atoms with van der Waals surface area (Å²) in [4.78, 5) is 18.7. The molecule has 1 aliphatic rings. The third-order valence-corrected chi connectivity index (χ3v) is 9.08. The number of nitrogens with one attached hydrogen (secondary N) is 1. The maximum absolute atomic E-state index is 13.6. The van der Waals surface area contributed by atoms with E-state index >= 15 is 0 Å². The Labute approximate surface area is 253 Å². The van der Waals surface area contributed by atoms with Gasteiger partial charge in [0.15, 0.2) is 0 Å². The van der Waals surface area contributed by atoms with Gasteiger partial charge in [-0.2, -0.15) is 0 Å². The summed E-state index contributed by atoms with van der Waals surface area (Å²) >= 11 is 0. The van der Waals surface area contributed by atoms with Gasteiger partial charge in [0.25, 0.3) is 0 Å². The number of carbonyl (C=O) groups excluding carboxylic acids is 1. The minimum atomic E-state index is -0.209. The maximum atomic E-state index is 13.6. The Morgan fingerprint density at radius 3 is 2.44 bits per heavy atom. The van der Waals surface area contributed by atoms with Gasteiger partial charge in [-0.1, -0.05) is 72.8 Å². The van der Waals surface area contributed by atoms with Crippen LogP contribution >= 0.6 is 0 Å². The van der Waals surface area contributed by atoms with Gasteiger partial charge in [-0.05, 0) is 79.3 Å². The molecule has 1 aliphatic heterocycles. The number of pyridine rings is 1. The van der Waals surface area contributed by atoms with Crippen LogP contribution in [0.5, 0.6) is 0 Å². The fourth-order valence-electron chi connectivity index (χ4n) is 6.80. The molecule has 6 rings (SSSR count). The van der Waals surface area contributed by atoms with Crippen LogP contribution in [-0.2, 0) is 29.0 Å². The number of aromatic nitrogens is 2. The molecule has 5 aromatic rings. The number of aliphatic hydroxyl groups is 1. The first-order valence-corrected chi connectivity index (χ1v) is 15.5. The molecule has 6 heteroatoms. The molecule has 0 saturated carbocycles. The predicted molar refractivity (Wildman–Crippen MR) is 172 cm³/mol. The molecule has 0 aliphatic carbocycles. The van der Waals surface area contributed by atoms with E-state index in [1.807, 2.05) is 30.3 Å². The van der Waals surface area contributed by atoms with E-state index in [4.69, 9.17) is 9.72 Å². The fourth-order valence-corrected chi connectivity index (χ4v) is 6.80. The Kier molecular flexibility index (Phi) is 8.87. The standard InChI is InChI=1S/C37H41N3O3/c1-25-31(12-8-20-41)26(2)39-36-34(25)32-11-6-7-13-33(32)40(36)24-28-14-16-29(17-15-28)35(30-18-21-43-22-19-30)37(42)38-23-27-9-4-3-5-10-27/h3-7,9-11,13-17,30,35,41H,8,12,18-24H2,1-2H3,(H,38,42). The zero-order valence-corrected chi connectivity index (χ0v) is 25.2. The van der Waals surface area contributed by atoms with Gasteiger partial charge in [0.1, 0.15) is 5.65 Å². The quantitative estimate of drug-likeness (QED) is 0.197. The minimum absolute atomic E-state index is 0.0815. The van der Waals surface area contributed by atoms with Crippen molar-refractivity contribution in [3.63, 3.8) is 0 Å². The molecule has 1 saturated heterocycles. The van der Waals surface area contributed by atoms with Crippen LogP contribution in [0.3, 0.4) is 0 Å².